The lowest BCUT2D eigenvalue weighted by Crippen LogP contribution is -2.42. The zero-order valence-corrected chi connectivity index (χ0v) is 9.79. The highest BCUT2D eigenvalue weighted by Crippen LogP contribution is 2.19. The smallest absolute Gasteiger partial charge is 0.325 e. The summed E-state index contributed by atoms with van der Waals surface area (Å²) < 4.78 is 10.2. The molecule has 15 heavy (non-hydrogen) atoms. The molecule has 1 unspecified atom stereocenters. The summed E-state index contributed by atoms with van der Waals surface area (Å²) in [4.78, 5) is 11.4. The van der Waals surface area contributed by atoms with Crippen molar-refractivity contribution in [3.05, 3.63) is 0 Å². The second-order valence-electron chi connectivity index (χ2n) is 4.45. The van der Waals surface area contributed by atoms with Gasteiger partial charge in [0.1, 0.15) is 6.04 Å². The van der Waals surface area contributed by atoms with Gasteiger partial charge in [0.2, 0.25) is 0 Å². The van der Waals surface area contributed by atoms with E-state index in [9.17, 15) is 4.79 Å². The normalized spacial score (nSPS) is 17.9. The van der Waals surface area contributed by atoms with E-state index in [1.54, 1.807) is 0 Å². The molecule has 4 heteroatoms. The van der Waals surface area contributed by atoms with Crippen LogP contribution < -0.4 is 5.32 Å². The van der Waals surface area contributed by atoms with Crippen molar-refractivity contribution in [3.8, 4) is 0 Å². The predicted molar refractivity (Wildman–Crippen MR) is 57.6 cm³/mol. The van der Waals surface area contributed by atoms with Gasteiger partial charge in [0, 0.05) is 12.6 Å². The molecule has 4 nitrogen and oxygen atoms in total. The van der Waals surface area contributed by atoms with Crippen molar-refractivity contribution < 1.29 is 14.3 Å². The molecule has 1 saturated carbocycles. The Bertz CT molecular complexity index is 202. The van der Waals surface area contributed by atoms with Gasteiger partial charge in [0.15, 0.2) is 0 Å². The average molecular weight is 215 g/mol. The first kappa shape index (κ1) is 12.5. The molecule has 0 amide bonds. The van der Waals surface area contributed by atoms with Crippen molar-refractivity contribution in [3.63, 3.8) is 0 Å². The molecule has 1 rings (SSSR count). The monoisotopic (exact) mass is 215 g/mol. The zero-order chi connectivity index (χ0) is 11.3. The van der Waals surface area contributed by atoms with Crippen molar-refractivity contribution >= 4 is 5.97 Å². The first-order valence-corrected chi connectivity index (χ1v) is 5.55. The van der Waals surface area contributed by atoms with E-state index >= 15 is 0 Å². The third-order valence-electron chi connectivity index (χ3n) is 2.24. The Kier molecular flexibility index (Phi) is 5.05. The van der Waals surface area contributed by atoms with Crippen molar-refractivity contribution in [2.75, 3.05) is 20.3 Å². The van der Waals surface area contributed by atoms with E-state index in [0.29, 0.717) is 25.2 Å². The number of hydrogen-bond acceptors (Lipinski definition) is 4. The predicted octanol–water partition coefficient (Wildman–Crippen LogP) is 0.953. The summed E-state index contributed by atoms with van der Waals surface area (Å²) in [6.07, 6.45) is 2.30. The molecule has 1 aliphatic rings. The molecule has 0 spiro atoms. The molecule has 0 heterocycles. The van der Waals surface area contributed by atoms with Crippen molar-refractivity contribution in [2.24, 2.45) is 5.92 Å². The third kappa shape index (κ3) is 5.14. The molecule has 1 fully saturated rings. The molecule has 0 radical (unpaired) electrons. The molecular weight excluding hydrogens is 194 g/mol. The highest BCUT2D eigenvalue weighted by molar-refractivity contribution is 5.75. The van der Waals surface area contributed by atoms with Gasteiger partial charge in [-0.05, 0) is 18.8 Å². The fourth-order valence-corrected chi connectivity index (χ4v) is 1.28. The summed E-state index contributed by atoms with van der Waals surface area (Å²) in [6.45, 7) is 5.25. The Morgan fingerprint density at radius 3 is 2.53 bits per heavy atom. The maximum atomic E-state index is 11.4. The molecule has 0 aromatic heterocycles. The molecular formula is C11H21NO3. The number of nitrogens with one attached hydrogen (secondary N) is 1. The van der Waals surface area contributed by atoms with Crippen LogP contribution in [-0.2, 0) is 14.3 Å². The largest absolute Gasteiger partial charge is 0.468 e. The van der Waals surface area contributed by atoms with E-state index < -0.39 is 0 Å². The van der Waals surface area contributed by atoms with Crippen LogP contribution >= 0.6 is 0 Å². The summed E-state index contributed by atoms with van der Waals surface area (Å²) >= 11 is 0. The van der Waals surface area contributed by atoms with Gasteiger partial charge in [-0.2, -0.15) is 0 Å². The standard InChI is InChI=1S/C11H21NO3/c1-8(2)6-15-7-10(11(13)14-3)12-9-4-5-9/h8-10,12H,4-7H2,1-3H3. The van der Waals surface area contributed by atoms with E-state index in [-0.39, 0.29) is 12.0 Å². The van der Waals surface area contributed by atoms with Gasteiger partial charge in [0.25, 0.3) is 0 Å². The van der Waals surface area contributed by atoms with Crippen LogP contribution in [0.3, 0.4) is 0 Å². The molecule has 1 N–H and O–H groups in total. The summed E-state index contributed by atoms with van der Waals surface area (Å²) in [5, 5.41) is 3.22. The Balaban J connectivity index is 2.24. The van der Waals surface area contributed by atoms with Gasteiger partial charge in [-0.1, -0.05) is 13.8 Å². The summed E-state index contributed by atoms with van der Waals surface area (Å²) in [6, 6.07) is 0.179. The van der Waals surface area contributed by atoms with Crippen LogP contribution in [0.4, 0.5) is 0 Å². The number of ether oxygens (including phenoxy) is 2. The van der Waals surface area contributed by atoms with E-state index in [0.717, 1.165) is 12.8 Å². The van der Waals surface area contributed by atoms with E-state index in [1.165, 1.54) is 7.11 Å². The lowest BCUT2D eigenvalue weighted by Gasteiger charge is -2.16. The molecule has 0 aliphatic heterocycles. The molecule has 0 aromatic rings. The molecule has 1 aliphatic carbocycles. The highest BCUT2D eigenvalue weighted by atomic mass is 16.5. The lowest BCUT2D eigenvalue weighted by molar-refractivity contribution is -0.145. The van der Waals surface area contributed by atoms with Gasteiger partial charge in [-0.3, -0.25) is 10.1 Å². The minimum absolute atomic E-state index is 0.231. The van der Waals surface area contributed by atoms with Crippen molar-refractivity contribution in [1.29, 1.82) is 0 Å². The van der Waals surface area contributed by atoms with E-state index in [4.69, 9.17) is 9.47 Å². The van der Waals surface area contributed by atoms with Crippen LogP contribution in [0.15, 0.2) is 0 Å². The topological polar surface area (TPSA) is 47.6 Å². The Morgan fingerprint density at radius 2 is 2.07 bits per heavy atom. The molecule has 88 valence electrons. The quantitative estimate of drug-likeness (QED) is 0.642. The Morgan fingerprint density at radius 1 is 1.40 bits per heavy atom. The van der Waals surface area contributed by atoms with E-state index in [1.807, 2.05) is 0 Å². The van der Waals surface area contributed by atoms with E-state index in [2.05, 4.69) is 19.2 Å². The second kappa shape index (κ2) is 6.08. The van der Waals surface area contributed by atoms with Gasteiger partial charge in [-0.25, -0.2) is 0 Å². The molecule has 0 saturated heterocycles. The van der Waals surface area contributed by atoms with Crippen LogP contribution in [0, 0.1) is 5.92 Å². The lowest BCUT2D eigenvalue weighted by atomic mass is 10.2. The highest BCUT2D eigenvalue weighted by Gasteiger charge is 2.28. The number of esters is 1. The number of rotatable bonds is 7. The third-order valence-corrected chi connectivity index (χ3v) is 2.24. The van der Waals surface area contributed by atoms with Gasteiger partial charge in [-0.15, -0.1) is 0 Å². The minimum Gasteiger partial charge on any atom is -0.468 e. The van der Waals surface area contributed by atoms with Gasteiger partial charge in [0.05, 0.1) is 13.7 Å². The average Bonchev–Trinajstić information content (AvgIpc) is 2.98. The number of methoxy groups -OCH3 is 1. The van der Waals surface area contributed by atoms with Crippen LogP contribution in [0.5, 0.6) is 0 Å². The van der Waals surface area contributed by atoms with Crippen molar-refractivity contribution in [2.45, 2.75) is 38.8 Å². The molecule has 0 aromatic carbocycles. The number of hydrogen-bond donors (Lipinski definition) is 1. The maximum absolute atomic E-state index is 11.4. The van der Waals surface area contributed by atoms with Crippen LogP contribution in [0.25, 0.3) is 0 Å². The summed E-state index contributed by atoms with van der Waals surface area (Å²) in [5.41, 5.74) is 0. The maximum Gasteiger partial charge on any atom is 0.325 e. The number of carbonyl (C=O) groups excluding carboxylic acids is 1. The van der Waals surface area contributed by atoms with Crippen LogP contribution in [0.2, 0.25) is 0 Å². The SMILES string of the molecule is COC(=O)C(COCC(C)C)NC1CC1. The molecule has 0 bridgehead atoms. The minimum atomic E-state index is -0.304. The van der Waals surface area contributed by atoms with Crippen LogP contribution in [-0.4, -0.2) is 38.4 Å². The fraction of sp³-hybridized carbons (Fsp3) is 0.909. The fourth-order valence-electron chi connectivity index (χ4n) is 1.28. The first-order chi connectivity index (χ1) is 7.13. The van der Waals surface area contributed by atoms with Gasteiger partial charge < -0.3 is 9.47 Å². The van der Waals surface area contributed by atoms with Crippen molar-refractivity contribution in [1.82, 2.24) is 5.32 Å². The number of carbonyl (C=O) groups is 1. The zero-order valence-electron chi connectivity index (χ0n) is 9.79. The van der Waals surface area contributed by atoms with Gasteiger partial charge >= 0.3 is 5.97 Å². The first-order valence-electron chi connectivity index (χ1n) is 5.55. The Labute approximate surface area is 91.3 Å². The van der Waals surface area contributed by atoms with Crippen LogP contribution in [0.1, 0.15) is 26.7 Å². The summed E-state index contributed by atoms with van der Waals surface area (Å²) in [5.74, 6) is 0.259. The second-order valence-corrected chi connectivity index (χ2v) is 4.45. The Hall–Kier alpha value is -0.610. The molecule has 1 atom stereocenters. The summed E-state index contributed by atoms with van der Waals surface area (Å²) in [7, 11) is 1.41.